The van der Waals surface area contributed by atoms with Gasteiger partial charge in [-0.25, -0.2) is 9.37 Å². The van der Waals surface area contributed by atoms with Crippen LogP contribution in [0.5, 0.6) is 11.6 Å². The van der Waals surface area contributed by atoms with E-state index in [1.807, 2.05) is 20.8 Å². The molecule has 4 rings (SSSR count). The molecule has 0 saturated carbocycles. The average molecular weight is 570 g/mol. The molecule has 0 bridgehead atoms. The zero-order chi connectivity index (χ0) is 29.7. The molecule has 0 N–H and O–H groups in total. The Labute approximate surface area is 245 Å². The molecule has 1 atom stereocenters. The van der Waals surface area contributed by atoms with E-state index in [1.165, 1.54) is 37.4 Å². The molecule has 0 radical (unpaired) electrons. The van der Waals surface area contributed by atoms with Crippen LogP contribution in [-0.4, -0.2) is 101 Å². The summed E-state index contributed by atoms with van der Waals surface area (Å²) in [7, 11) is 2.19. The summed E-state index contributed by atoms with van der Waals surface area (Å²) in [6, 6.07) is 4.57. The van der Waals surface area contributed by atoms with Crippen LogP contribution in [0.15, 0.2) is 24.5 Å². The first-order valence-electron chi connectivity index (χ1n) is 15.2. The number of hydrogen-bond donors (Lipinski definition) is 0. The van der Waals surface area contributed by atoms with Crippen LogP contribution in [0.25, 0.3) is 0 Å². The zero-order valence-corrected chi connectivity index (χ0v) is 25.9. The second-order valence-corrected chi connectivity index (χ2v) is 12.4. The van der Waals surface area contributed by atoms with Crippen LogP contribution in [0.4, 0.5) is 10.2 Å². The lowest BCUT2D eigenvalue weighted by atomic mass is 9.76. The van der Waals surface area contributed by atoms with Crippen molar-refractivity contribution in [1.29, 1.82) is 0 Å². The molecule has 1 amide bonds. The number of amides is 1. The van der Waals surface area contributed by atoms with Crippen LogP contribution in [-0.2, 0) is 0 Å². The highest BCUT2D eigenvalue weighted by atomic mass is 19.1. The number of ether oxygens (including phenoxy) is 1. The van der Waals surface area contributed by atoms with Gasteiger partial charge in [0.1, 0.15) is 17.9 Å². The van der Waals surface area contributed by atoms with Crippen molar-refractivity contribution in [3.63, 3.8) is 0 Å². The third kappa shape index (κ3) is 7.15. The van der Waals surface area contributed by atoms with E-state index in [2.05, 4.69) is 57.7 Å². The van der Waals surface area contributed by atoms with E-state index in [-0.39, 0.29) is 34.6 Å². The lowest BCUT2D eigenvalue weighted by Gasteiger charge is -2.53. The van der Waals surface area contributed by atoms with Crippen molar-refractivity contribution in [1.82, 2.24) is 29.9 Å². The Balaban J connectivity index is 1.45. The van der Waals surface area contributed by atoms with Gasteiger partial charge in [0.2, 0.25) is 0 Å². The third-order valence-electron chi connectivity index (χ3n) is 8.81. The predicted octanol–water partition coefficient (Wildman–Crippen LogP) is 4.94. The Kier molecular flexibility index (Phi) is 10.2. The topological polar surface area (TPSA) is 77.9 Å². The molecule has 226 valence electrons. The summed E-state index contributed by atoms with van der Waals surface area (Å²) in [4.78, 5) is 26.8. The Morgan fingerprint density at radius 3 is 2.56 bits per heavy atom. The van der Waals surface area contributed by atoms with Crippen molar-refractivity contribution in [2.45, 2.75) is 72.9 Å². The molecule has 2 aliphatic heterocycles. The molecule has 10 heteroatoms. The lowest BCUT2D eigenvalue weighted by Crippen LogP contribution is -2.62. The minimum absolute atomic E-state index is 0.0341. The highest BCUT2D eigenvalue weighted by Gasteiger charge is 2.50. The fourth-order valence-corrected chi connectivity index (χ4v) is 6.39. The number of anilines is 1. The van der Waals surface area contributed by atoms with Crippen molar-refractivity contribution in [3.05, 3.63) is 35.9 Å². The standard InChI is InChI=1S/C31H48FN7O2/c1-8-36(7)15-10-11-26(22(3)4)38-19-31(20-38)14-16-37(18-31)28-29(35-34-21-33-28)41-27-13-12-24(32)17-25(27)30(40)39(9-2)23(5)6/h12-13,17,21-23,26H,8-11,14-16,18-20H2,1-7H3/t26-/m1/s1. The lowest BCUT2D eigenvalue weighted by molar-refractivity contribution is -0.0344. The highest BCUT2D eigenvalue weighted by molar-refractivity contribution is 5.97. The summed E-state index contributed by atoms with van der Waals surface area (Å²) >= 11 is 0. The van der Waals surface area contributed by atoms with Gasteiger partial charge in [-0.15, -0.1) is 10.2 Å². The second-order valence-electron chi connectivity index (χ2n) is 12.4. The molecule has 2 aliphatic rings. The van der Waals surface area contributed by atoms with Gasteiger partial charge < -0.3 is 19.4 Å². The van der Waals surface area contributed by atoms with Gasteiger partial charge in [-0.05, 0) is 84.3 Å². The minimum Gasteiger partial charge on any atom is -0.434 e. The minimum atomic E-state index is -0.494. The van der Waals surface area contributed by atoms with E-state index in [1.54, 1.807) is 4.90 Å². The monoisotopic (exact) mass is 569 g/mol. The molecule has 1 spiro atoms. The molecular formula is C31H48FN7O2. The molecule has 2 fully saturated rings. The van der Waals surface area contributed by atoms with Crippen LogP contribution in [0.3, 0.4) is 0 Å². The van der Waals surface area contributed by atoms with Crippen molar-refractivity contribution >= 4 is 11.7 Å². The Morgan fingerprint density at radius 2 is 1.90 bits per heavy atom. The maximum absolute atomic E-state index is 14.2. The number of carbonyl (C=O) groups excluding carboxylic acids is 1. The van der Waals surface area contributed by atoms with E-state index in [4.69, 9.17) is 4.74 Å². The number of likely N-dealkylation sites (tertiary alicyclic amines) is 1. The van der Waals surface area contributed by atoms with E-state index in [9.17, 15) is 9.18 Å². The second kappa shape index (κ2) is 13.4. The first kappa shape index (κ1) is 31.1. The fourth-order valence-electron chi connectivity index (χ4n) is 6.39. The van der Waals surface area contributed by atoms with Gasteiger partial charge in [-0.2, -0.15) is 0 Å². The van der Waals surface area contributed by atoms with Gasteiger partial charge in [0.25, 0.3) is 11.8 Å². The van der Waals surface area contributed by atoms with E-state index >= 15 is 0 Å². The van der Waals surface area contributed by atoms with Crippen molar-refractivity contribution in [2.75, 3.05) is 57.8 Å². The van der Waals surface area contributed by atoms with Crippen molar-refractivity contribution in [3.8, 4) is 11.6 Å². The number of carbonyl (C=O) groups is 1. The fraction of sp³-hybridized carbons (Fsp3) is 0.677. The van der Waals surface area contributed by atoms with Gasteiger partial charge in [0.15, 0.2) is 5.82 Å². The van der Waals surface area contributed by atoms with Crippen LogP contribution in [0.1, 0.15) is 71.2 Å². The Morgan fingerprint density at radius 1 is 1.15 bits per heavy atom. The number of nitrogens with zero attached hydrogens (tertiary/aromatic N) is 7. The summed E-state index contributed by atoms with van der Waals surface area (Å²) in [6.07, 6.45) is 4.95. The smallest absolute Gasteiger partial charge is 0.282 e. The molecule has 41 heavy (non-hydrogen) atoms. The molecule has 2 saturated heterocycles. The van der Waals surface area contributed by atoms with Crippen LogP contribution >= 0.6 is 0 Å². The third-order valence-corrected chi connectivity index (χ3v) is 8.81. The Bertz CT molecular complexity index is 1170. The highest BCUT2D eigenvalue weighted by Crippen LogP contribution is 2.44. The van der Waals surface area contributed by atoms with E-state index in [0.717, 1.165) is 45.7 Å². The van der Waals surface area contributed by atoms with Crippen molar-refractivity contribution < 1.29 is 13.9 Å². The number of rotatable bonds is 13. The van der Waals surface area contributed by atoms with Crippen LogP contribution in [0.2, 0.25) is 0 Å². The van der Waals surface area contributed by atoms with Gasteiger partial charge in [-0.3, -0.25) is 9.69 Å². The molecule has 3 heterocycles. The summed E-state index contributed by atoms with van der Waals surface area (Å²) in [5.41, 5.74) is 0.389. The first-order valence-corrected chi connectivity index (χ1v) is 15.2. The Hall–Kier alpha value is -2.85. The number of benzene rings is 1. The molecule has 2 aromatic rings. The van der Waals surface area contributed by atoms with Gasteiger partial charge in [0.05, 0.1) is 5.56 Å². The maximum atomic E-state index is 14.2. The normalized spacial score (nSPS) is 17.5. The molecular weight excluding hydrogens is 521 g/mol. The molecule has 1 aromatic heterocycles. The summed E-state index contributed by atoms with van der Waals surface area (Å²) in [6.45, 7) is 19.3. The molecule has 0 unspecified atom stereocenters. The van der Waals surface area contributed by atoms with E-state index < -0.39 is 5.82 Å². The largest absolute Gasteiger partial charge is 0.434 e. The van der Waals surface area contributed by atoms with E-state index in [0.29, 0.717) is 24.3 Å². The first-order chi connectivity index (χ1) is 19.6. The summed E-state index contributed by atoms with van der Waals surface area (Å²) < 4.78 is 20.4. The number of halogens is 1. The molecule has 0 aliphatic carbocycles. The molecule has 1 aromatic carbocycles. The quantitative estimate of drug-likeness (QED) is 0.336. The van der Waals surface area contributed by atoms with Crippen molar-refractivity contribution in [2.24, 2.45) is 11.3 Å². The SMILES string of the molecule is CCN(C)CCC[C@H](C(C)C)N1CC2(CCN(c3ncnnc3Oc3ccc(F)cc3C(=O)N(CC)C(C)C)C2)C1. The summed E-state index contributed by atoms with van der Waals surface area (Å²) in [5, 5.41) is 8.21. The average Bonchev–Trinajstić information content (AvgIpc) is 3.37. The van der Waals surface area contributed by atoms with Crippen LogP contribution in [0, 0.1) is 17.2 Å². The predicted molar refractivity (Wildman–Crippen MR) is 160 cm³/mol. The van der Waals surface area contributed by atoms with Gasteiger partial charge in [-0.1, -0.05) is 20.8 Å². The van der Waals surface area contributed by atoms with Crippen LogP contribution < -0.4 is 9.64 Å². The summed E-state index contributed by atoms with van der Waals surface area (Å²) in [5.74, 6) is 0.926. The number of hydrogen-bond acceptors (Lipinski definition) is 8. The van der Waals surface area contributed by atoms with Gasteiger partial charge in [0, 0.05) is 50.2 Å². The van der Waals surface area contributed by atoms with Gasteiger partial charge >= 0.3 is 0 Å². The zero-order valence-electron chi connectivity index (χ0n) is 25.9. The maximum Gasteiger partial charge on any atom is 0.282 e. The number of aromatic nitrogens is 3. The molecule has 9 nitrogen and oxygen atoms in total.